The molecule has 1 atom stereocenters. The third-order valence-corrected chi connectivity index (χ3v) is 6.88. The summed E-state index contributed by atoms with van der Waals surface area (Å²) in [7, 11) is -3.61. The number of rotatable bonds is 5. The molecule has 0 bridgehead atoms. The van der Waals surface area contributed by atoms with Crippen molar-refractivity contribution in [1.29, 1.82) is 0 Å². The van der Waals surface area contributed by atoms with Gasteiger partial charge in [0, 0.05) is 23.5 Å². The average Bonchev–Trinajstić information content (AvgIpc) is 3.03. The Morgan fingerprint density at radius 3 is 2.73 bits per heavy atom. The SMILES string of the molecule is Cc1ccc(S(=O)(=O)N2CCCC2C(=O)NCC(C)(C)N)s1. The van der Waals surface area contributed by atoms with Crippen LogP contribution in [0, 0.1) is 6.92 Å². The predicted molar refractivity (Wildman–Crippen MR) is 87.2 cm³/mol. The van der Waals surface area contributed by atoms with Gasteiger partial charge in [0.2, 0.25) is 5.91 Å². The number of carbonyl (C=O) groups is 1. The van der Waals surface area contributed by atoms with Gasteiger partial charge >= 0.3 is 0 Å². The van der Waals surface area contributed by atoms with Crippen molar-refractivity contribution in [2.24, 2.45) is 5.73 Å². The van der Waals surface area contributed by atoms with Gasteiger partial charge in [0.25, 0.3) is 10.0 Å². The summed E-state index contributed by atoms with van der Waals surface area (Å²) in [5.41, 5.74) is 5.33. The summed E-state index contributed by atoms with van der Waals surface area (Å²) < 4.78 is 27.0. The fourth-order valence-corrected chi connectivity index (χ4v) is 5.46. The van der Waals surface area contributed by atoms with E-state index in [2.05, 4.69) is 5.32 Å². The van der Waals surface area contributed by atoms with E-state index in [0.29, 0.717) is 30.1 Å². The lowest BCUT2D eigenvalue weighted by Crippen LogP contribution is -2.51. The number of aryl methyl sites for hydroxylation is 1. The summed E-state index contributed by atoms with van der Waals surface area (Å²) in [5, 5.41) is 2.76. The fraction of sp³-hybridized carbons (Fsp3) is 0.643. The second-order valence-electron chi connectivity index (χ2n) is 6.35. The van der Waals surface area contributed by atoms with Crippen molar-refractivity contribution in [3.8, 4) is 0 Å². The van der Waals surface area contributed by atoms with Gasteiger partial charge in [-0.3, -0.25) is 4.79 Å². The van der Waals surface area contributed by atoms with Gasteiger partial charge in [-0.15, -0.1) is 11.3 Å². The van der Waals surface area contributed by atoms with Crippen LogP contribution in [0.2, 0.25) is 0 Å². The maximum atomic E-state index is 12.7. The topological polar surface area (TPSA) is 92.5 Å². The molecular weight excluding hydrogens is 322 g/mol. The molecule has 1 aliphatic heterocycles. The molecule has 8 heteroatoms. The monoisotopic (exact) mass is 345 g/mol. The number of carbonyl (C=O) groups excluding carboxylic acids is 1. The third kappa shape index (κ3) is 3.87. The summed E-state index contributed by atoms with van der Waals surface area (Å²) in [6.07, 6.45) is 1.23. The normalized spacial score (nSPS) is 20.3. The molecular formula is C14H23N3O3S2. The van der Waals surface area contributed by atoms with E-state index in [4.69, 9.17) is 5.73 Å². The lowest BCUT2D eigenvalue weighted by Gasteiger charge is -2.25. The molecule has 6 nitrogen and oxygen atoms in total. The Bertz CT molecular complexity index is 647. The summed E-state index contributed by atoms with van der Waals surface area (Å²) in [5.74, 6) is -0.270. The number of thiophene rings is 1. The van der Waals surface area contributed by atoms with Crippen molar-refractivity contribution >= 4 is 27.3 Å². The summed E-state index contributed by atoms with van der Waals surface area (Å²) in [6, 6.07) is 2.74. The first-order chi connectivity index (χ1) is 10.1. The van der Waals surface area contributed by atoms with Gasteiger partial charge in [-0.25, -0.2) is 8.42 Å². The molecule has 0 aliphatic carbocycles. The Morgan fingerprint density at radius 1 is 1.50 bits per heavy atom. The van der Waals surface area contributed by atoms with Gasteiger partial charge < -0.3 is 11.1 Å². The Balaban J connectivity index is 2.15. The van der Waals surface area contributed by atoms with Crippen LogP contribution in [0.1, 0.15) is 31.6 Å². The highest BCUT2D eigenvalue weighted by Crippen LogP contribution is 2.30. The highest BCUT2D eigenvalue weighted by atomic mass is 32.2. The van der Waals surface area contributed by atoms with E-state index in [1.165, 1.54) is 15.6 Å². The molecule has 1 saturated heterocycles. The second kappa shape index (κ2) is 6.27. The highest BCUT2D eigenvalue weighted by molar-refractivity contribution is 7.91. The minimum Gasteiger partial charge on any atom is -0.353 e. The van der Waals surface area contributed by atoms with Crippen LogP contribution in [-0.4, -0.2) is 43.3 Å². The van der Waals surface area contributed by atoms with E-state index < -0.39 is 21.6 Å². The predicted octanol–water partition coefficient (Wildman–Crippen LogP) is 1.06. The van der Waals surface area contributed by atoms with Gasteiger partial charge in [-0.05, 0) is 45.7 Å². The number of hydrogen-bond donors (Lipinski definition) is 2. The lowest BCUT2D eigenvalue weighted by atomic mass is 10.1. The standard InChI is InChI=1S/C14H23N3O3S2/c1-10-6-7-12(21-10)22(19,20)17-8-4-5-11(17)13(18)16-9-14(2,3)15/h6-7,11H,4-5,8-9,15H2,1-3H3,(H,16,18). The molecule has 1 aromatic heterocycles. The van der Waals surface area contributed by atoms with E-state index in [9.17, 15) is 13.2 Å². The van der Waals surface area contributed by atoms with E-state index >= 15 is 0 Å². The van der Waals surface area contributed by atoms with Gasteiger partial charge in [0.1, 0.15) is 10.3 Å². The largest absolute Gasteiger partial charge is 0.353 e. The number of nitrogens with two attached hydrogens (primary N) is 1. The zero-order valence-corrected chi connectivity index (χ0v) is 14.8. The van der Waals surface area contributed by atoms with Crippen LogP contribution >= 0.6 is 11.3 Å². The van der Waals surface area contributed by atoms with Gasteiger partial charge in [-0.1, -0.05) is 0 Å². The smallest absolute Gasteiger partial charge is 0.253 e. The van der Waals surface area contributed by atoms with Crippen LogP contribution in [0.5, 0.6) is 0 Å². The van der Waals surface area contributed by atoms with Gasteiger partial charge in [-0.2, -0.15) is 4.31 Å². The molecule has 1 fully saturated rings. The summed E-state index contributed by atoms with van der Waals surface area (Å²) >= 11 is 1.23. The first-order valence-electron chi connectivity index (χ1n) is 7.26. The number of amides is 1. The summed E-state index contributed by atoms with van der Waals surface area (Å²) in [6.45, 7) is 6.18. The van der Waals surface area contributed by atoms with Crippen LogP contribution < -0.4 is 11.1 Å². The molecule has 2 heterocycles. The molecule has 2 rings (SSSR count). The molecule has 124 valence electrons. The maximum Gasteiger partial charge on any atom is 0.253 e. The van der Waals surface area contributed by atoms with Crippen molar-refractivity contribution in [3.63, 3.8) is 0 Å². The first kappa shape index (κ1) is 17.4. The third-order valence-electron chi connectivity index (χ3n) is 3.50. The molecule has 1 aliphatic rings. The molecule has 0 saturated carbocycles. The van der Waals surface area contributed by atoms with Crippen molar-refractivity contribution in [2.75, 3.05) is 13.1 Å². The van der Waals surface area contributed by atoms with Crippen LogP contribution in [0.25, 0.3) is 0 Å². The zero-order valence-electron chi connectivity index (χ0n) is 13.1. The lowest BCUT2D eigenvalue weighted by molar-refractivity contribution is -0.124. The van der Waals surface area contributed by atoms with E-state index in [1.54, 1.807) is 12.1 Å². The van der Waals surface area contributed by atoms with Crippen molar-refractivity contribution in [3.05, 3.63) is 17.0 Å². The Morgan fingerprint density at radius 2 is 2.18 bits per heavy atom. The van der Waals surface area contributed by atoms with Crippen LogP contribution in [0.4, 0.5) is 0 Å². The highest BCUT2D eigenvalue weighted by Gasteiger charge is 2.40. The average molecular weight is 345 g/mol. The molecule has 1 amide bonds. The Labute approximate surface area is 135 Å². The molecule has 1 aromatic rings. The van der Waals surface area contributed by atoms with Gasteiger partial charge in [0.05, 0.1) is 0 Å². The van der Waals surface area contributed by atoms with Gasteiger partial charge in [0.15, 0.2) is 0 Å². The molecule has 22 heavy (non-hydrogen) atoms. The van der Waals surface area contributed by atoms with Crippen LogP contribution in [-0.2, 0) is 14.8 Å². The van der Waals surface area contributed by atoms with Crippen molar-refractivity contribution < 1.29 is 13.2 Å². The number of hydrogen-bond acceptors (Lipinski definition) is 5. The minimum atomic E-state index is -3.61. The number of nitrogens with zero attached hydrogens (tertiary/aromatic N) is 1. The van der Waals surface area contributed by atoms with Crippen molar-refractivity contribution in [1.82, 2.24) is 9.62 Å². The maximum absolute atomic E-state index is 12.7. The molecule has 0 spiro atoms. The van der Waals surface area contributed by atoms with E-state index in [0.717, 1.165) is 4.88 Å². The molecule has 1 unspecified atom stereocenters. The van der Waals surface area contributed by atoms with E-state index in [-0.39, 0.29) is 5.91 Å². The fourth-order valence-electron chi connectivity index (χ4n) is 2.39. The number of nitrogens with one attached hydrogen (secondary N) is 1. The minimum absolute atomic E-state index is 0.270. The molecule has 3 N–H and O–H groups in total. The molecule has 0 radical (unpaired) electrons. The number of sulfonamides is 1. The van der Waals surface area contributed by atoms with Crippen LogP contribution in [0.15, 0.2) is 16.3 Å². The van der Waals surface area contributed by atoms with E-state index in [1.807, 2.05) is 20.8 Å². The van der Waals surface area contributed by atoms with Crippen molar-refractivity contribution in [2.45, 2.75) is 49.4 Å². The quantitative estimate of drug-likeness (QED) is 0.835. The van der Waals surface area contributed by atoms with Crippen LogP contribution in [0.3, 0.4) is 0 Å². The second-order valence-corrected chi connectivity index (χ2v) is 9.75. The Kier molecular flexibility index (Phi) is 4.96. The molecule has 0 aromatic carbocycles. The summed E-state index contributed by atoms with van der Waals surface area (Å²) in [4.78, 5) is 13.3. The zero-order chi connectivity index (χ0) is 16.5. The first-order valence-corrected chi connectivity index (χ1v) is 9.52. The Hall–Kier alpha value is -0.960.